The van der Waals surface area contributed by atoms with Crippen LogP contribution in [0, 0.1) is 0 Å². The largest absolute Gasteiger partial charge is 0.368 e. The number of aromatic nitrogens is 2. The zero-order valence-electron chi connectivity index (χ0n) is 16.0. The number of rotatable bonds is 3. The maximum absolute atomic E-state index is 12.5. The molecule has 2 fully saturated rings. The highest BCUT2D eigenvalue weighted by molar-refractivity contribution is 7.88. The number of hydrogen-bond acceptors (Lipinski definition) is 6. The Morgan fingerprint density at radius 2 is 1.96 bits per heavy atom. The first kappa shape index (κ1) is 19.5. The minimum Gasteiger partial charge on any atom is -0.368 e. The molecule has 28 heavy (non-hydrogen) atoms. The highest BCUT2D eigenvalue weighted by atomic mass is 32.2. The molecule has 1 aromatic rings. The van der Waals surface area contributed by atoms with Crippen LogP contribution in [0.25, 0.3) is 0 Å². The first-order chi connectivity index (χ1) is 13.3. The third-order valence-electron chi connectivity index (χ3n) is 5.92. The topological polar surface area (TPSA) is 113 Å². The fourth-order valence-electron chi connectivity index (χ4n) is 4.25. The number of aromatic amines is 1. The van der Waals surface area contributed by atoms with Crippen LogP contribution in [0.1, 0.15) is 48.7 Å². The lowest BCUT2D eigenvalue weighted by Crippen LogP contribution is -2.44. The van der Waals surface area contributed by atoms with Crippen molar-refractivity contribution in [2.75, 3.05) is 32.5 Å². The molecular formula is C18H26N4O5S. The molecule has 3 aliphatic heterocycles. The first-order valence-corrected chi connectivity index (χ1v) is 11.7. The van der Waals surface area contributed by atoms with Crippen LogP contribution in [0.15, 0.2) is 4.79 Å². The summed E-state index contributed by atoms with van der Waals surface area (Å²) in [6.07, 6.45) is 4.52. The summed E-state index contributed by atoms with van der Waals surface area (Å²) in [5.41, 5.74) is 0.870. The van der Waals surface area contributed by atoms with Crippen molar-refractivity contribution in [1.82, 2.24) is 19.2 Å². The summed E-state index contributed by atoms with van der Waals surface area (Å²) >= 11 is 0. The van der Waals surface area contributed by atoms with Crippen molar-refractivity contribution in [3.05, 3.63) is 27.4 Å². The summed E-state index contributed by atoms with van der Waals surface area (Å²) in [4.78, 5) is 34.4. The van der Waals surface area contributed by atoms with Gasteiger partial charge in [0.1, 0.15) is 11.9 Å². The van der Waals surface area contributed by atoms with Gasteiger partial charge in [-0.05, 0) is 25.7 Å². The van der Waals surface area contributed by atoms with Gasteiger partial charge in [0.25, 0.3) is 11.5 Å². The molecule has 3 aliphatic rings. The predicted octanol–water partition coefficient (Wildman–Crippen LogP) is -0.0274. The van der Waals surface area contributed by atoms with Gasteiger partial charge in [-0.25, -0.2) is 13.4 Å². The molecule has 0 unspecified atom stereocenters. The van der Waals surface area contributed by atoms with Gasteiger partial charge in [0.05, 0.1) is 17.5 Å². The van der Waals surface area contributed by atoms with E-state index in [0.717, 1.165) is 31.9 Å². The normalized spacial score (nSPS) is 24.3. The average molecular weight is 410 g/mol. The maximum Gasteiger partial charge on any atom is 0.255 e. The van der Waals surface area contributed by atoms with E-state index in [-0.39, 0.29) is 30.0 Å². The molecule has 4 heterocycles. The number of carbonyl (C=O) groups is 1. The van der Waals surface area contributed by atoms with Gasteiger partial charge in [-0.2, -0.15) is 4.31 Å². The van der Waals surface area contributed by atoms with E-state index in [9.17, 15) is 18.0 Å². The highest BCUT2D eigenvalue weighted by Gasteiger charge is 2.33. The van der Waals surface area contributed by atoms with Crippen LogP contribution in [0.2, 0.25) is 0 Å². The Bertz CT molecular complexity index is 914. The van der Waals surface area contributed by atoms with Crippen molar-refractivity contribution in [3.8, 4) is 0 Å². The molecule has 0 saturated carbocycles. The molecule has 154 valence electrons. The molecule has 0 radical (unpaired) electrons. The Labute approximate surface area is 164 Å². The first-order valence-electron chi connectivity index (χ1n) is 9.80. The molecular weight excluding hydrogens is 384 g/mol. The number of H-pyrrole nitrogens is 1. The number of piperidine rings is 1. The zero-order valence-corrected chi connectivity index (χ0v) is 16.8. The summed E-state index contributed by atoms with van der Waals surface area (Å²) in [6.45, 7) is 2.34. The molecule has 4 rings (SSSR count). The molecule has 1 atom stereocenters. The lowest BCUT2D eigenvalue weighted by molar-refractivity contribution is -0.142. The molecule has 2 saturated heterocycles. The van der Waals surface area contributed by atoms with Gasteiger partial charge >= 0.3 is 0 Å². The fraction of sp³-hybridized carbons (Fsp3) is 0.722. The van der Waals surface area contributed by atoms with Gasteiger partial charge in [-0.15, -0.1) is 0 Å². The van der Waals surface area contributed by atoms with E-state index in [0.29, 0.717) is 49.7 Å². The fourth-order valence-corrected chi connectivity index (χ4v) is 5.03. The van der Waals surface area contributed by atoms with Gasteiger partial charge in [0.2, 0.25) is 10.0 Å². The molecule has 0 spiro atoms. The number of hydrogen-bond donors (Lipinski definition) is 1. The van der Waals surface area contributed by atoms with Crippen LogP contribution in [0.3, 0.4) is 0 Å². The second-order valence-electron chi connectivity index (χ2n) is 7.82. The summed E-state index contributed by atoms with van der Waals surface area (Å²) in [7, 11) is -3.33. The standard InChI is InChI=1S/C18H26N4O5S/c1-28(25,26)22-9-6-14-13(11-22)17(23)20-16(19-14)12-4-7-21(8-5-12)18(24)15-3-2-10-27-15/h12,15H,2-11H2,1H3,(H,19,20,23)/t15-/m0/s1. The van der Waals surface area contributed by atoms with Gasteiger partial charge in [-0.1, -0.05) is 0 Å². The average Bonchev–Trinajstić information content (AvgIpc) is 3.21. The molecule has 1 N–H and O–H groups in total. The van der Waals surface area contributed by atoms with E-state index in [1.807, 2.05) is 4.90 Å². The number of carbonyl (C=O) groups excluding carboxylic acids is 1. The van der Waals surface area contributed by atoms with Gasteiger partial charge in [0, 0.05) is 45.1 Å². The Morgan fingerprint density at radius 3 is 2.61 bits per heavy atom. The monoisotopic (exact) mass is 410 g/mol. The smallest absolute Gasteiger partial charge is 0.255 e. The second-order valence-corrected chi connectivity index (χ2v) is 9.81. The summed E-state index contributed by atoms with van der Waals surface area (Å²) in [6, 6.07) is 0. The van der Waals surface area contributed by atoms with E-state index in [1.54, 1.807) is 0 Å². The van der Waals surface area contributed by atoms with Crippen LogP contribution in [-0.2, 0) is 32.5 Å². The number of likely N-dealkylation sites (tertiary alicyclic amines) is 1. The maximum atomic E-state index is 12.5. The van der Waals surface area contributed by atoms with E-state index in [4.69, 9.17) is 4.74 Å². The molecule has 1 amide bonds. The molecule has 1 aromatic heterocycles. The quantitative estimate of drug-likeness (QED) is 0.749. The Kier molecular flexibility index (Phi) is 5.28. The van der Waals surface area contributed by atoms with E-state index < -0.39 is 10.0 Å². The Balaban J connectivity index is 1.44. The van der Waals surface area contributed by atoms with Crippen LogP contribution < -0.4 is 5.56 Å². The molecule has 0 bridgehead atoms. The van der Waals surface area contributed by atoms with Gasteiger partial charge in [0.15, 0.2) is 0 Å². The summed E-state index contributed by atoms with van der Waals surface area (Å²) < 4.78 is 30.3. The van der Waals surface area contributed by atoms with Crippen LogP contribution in [-0.4, -0.2) is 72.1 Å². The Morgan fingerprint density at radius 1 is 1.21 bits per heavy atom. The summed E-state index contributed by atoms with van der Waals surface area (Å²) in [5, 5.41) is 0. The third-order valence-corrected chi connectivity index (χ3v) is 7.17. The van der Waals surface area contributed by atoms with E-state index in [2.05, 4.69) is 9.97 Å². The van der Waals surface area contributed by atoms with Crippen molar-refractivity contribution in [1.29, 1.82) is 0 Å². The predicted molar refractivity (Wildman–Crippen MR) is 101 cm³/mol. The Hall–Kier alpha value is -1.78. The molecule has 9 nitrogen and oxygen atoms in total. The molecule has 0 aliphatic carbocycles. The second kappa shape index (κ2) is 7.57. The number of nitrogens with zero attached hydrogens (tertiary/aromatic N) is 3. The number of nitrogens with one attached hydrogen (secondary N) is 1. The SMILES string of the molecule is CS(=O)(=O)N1CCc2nc(C3CCN(C(=O)[C@@H]4CCCO4)CC3)[nH]c(=O)c2C1. The number of fused-ring (bicyclic) bond motifs is 1. The van der Waals surface area contributed by atoms with E-state index >= 15 is 0 Å². The molecule has 0 aromatic carbocycles. The number of sulfonamides is 1. The van der Waals surface area contributed by atoms with Crippen LogP contribution >= 0.6 is 0 Å². The third kappa shape index (κ3) is 3.85. The van der Waals surface area contributed by atoms with Crippen LogP contribution in [0.5, 0.6) is 0 Å². The summed E-state index contributed by atoms with van der Waals surface area (Å²) in [5.74, 6) is 0.823. The lowest BCUT2D eigenvalue weighted by Gasteiger charge is -2.33. The van der Waals surface area contributed by atoms with Gasteiger partial charge < -0.3 is 14.6 Å². The van der Waals surface area contributed by atoms with Crippen molar-refractivity contribution < 1.29 is 17.9 Å². The lowest BCUT2D eigenvalue weighted by atomic mass is 9.95. The van der Waals surface area contributed by atoms with Crippen molar-refractivity contribution in [3.63, 3.8) is 0 Å². The van der Waals surface area contributed by atoms with E-state index in [1.165, 1.54) is 4.31 Å². The zero-order chi connectivity index (χ0) is 19.9. The minimum atomic E-state index is -3.33. The van der Waals surface area contributed by atoms with Crippen LogP contribution in [0.4, 0.5) is 0 Å². The van der Waals surface area contributed by atoms with Crippen molar-refractivity contribution >= 4 is 15.9 Å². The van der Waals surface area contributed by atoms with Crippen molar-refractivity contribution in [2.45, 2.75) is 50.7 Å². The molecule has 10 heteroatoms. The van der Waals surface area contributed by atoms with Crippen molar-refractivity contribution in [2.24, 2.45) is 0 Å². The highest BCUT2D eigenvalue weighted by Crippen LogP contribution is 2.28. The van der Waals surface area contributed by atoms with Gasteiger partial charge in [-0.3, -0.25) is 9.59 Å². The number of amides is 1. The minimum absolute atomic E-state index is 0.0729. The number of ether oxygens (including phenoxy) is 1.